The van der Waals surface area contributed by atoms with E-state index >= 15 is 0 Å². The summed E-state index contributed by atoms with van der Waals surface area (Å²) < 4.78 is 0. The molecule has 2 N–H and O–H groups in total. The Morgan fingerprint density at radius 1 is 1.12 bits per heavy atom. The van der Waals surface area contributed by atoms with Crippen molar-refractivity contribution in [2.75, 3.05) is 20.1 Å². The second-order valence-electron chi connectivity index (χ2n) is 8.65. The van der Waals surface area contributed by atoms with Crippen molar-refractivity contribution < 1.29 is 9.59 Å². The van der Waals surface area contributed by atoms with Gasteiger partial charge in [0, 0.05) is 48.5 Å². The molecule has 0 atom stereocenters. The topological polar surface area (TPSA) is 87.2 Å². The molecule has 0 saturated carbocycles. The molecular weight excluding hydrogens is 446 g/mol. The molecule has 3 aromatic rings. The van der Waals surface area contributed by atoms with Crippen LogP contribution in [-0.2, 0) is 13.1 Å². The zero-order chi connectivity index (χ0) is 24.5. The van der Waals surface area contributed by atoms with E-state index in [0.29, 0.717) is 36.7 Å². The van der Waals surface area contributed by atoms with Crippen molar-refractivity contribution in [3.63, 3.8) is 0 Å². The second kappa shape index (κ2) is 12.4. The molecule has 7 nitrogen and oxygen atoms in total. The summed E-state index contributed by atoms with van der Waals surface area (Å²) in [5.74, 6) is 0.162. The average molecular weight is 480 g/mol. The number of nitrogens with one attached hydrogen (secondary N) is 2. The fraction of sp³-hybridized carbons (Fsp3) is 0.385. The Labute approximate surface area is 205 Å². The van der Waals surface area contributed by atoms with Gasteiger partial charge in [-0.1, -0.05) is 19.9 Å². The minimum atomic E-state index is -0.181. The Morgan fingerprint density at radius 2 is 1.91 bits per heavy atom. The lowest BCUT2D eigenvalue weighted by Gasteiger charge is -2.16. The van der Waals surface area contributed by atoms with Crippen LogP contribution in [0.15, 0.2) is 48.0 Å². The molecule has 0 unspecified atom stereocenters. The van der Waals surface area contributed by atoms with E-state index in [1.165, 1.54) is 16.9 Å². The lowest BCUT2D eigenvalue weighted by molar-refractivity contribution is 0.0785. The van der Waals surface area contributed by atoms with E-state index in [-0.39, 0.29) is 11.8 Å². The van der Waals surface area contributed by atoms with Crippen LogP contribution in [0.25, 0.3) is 0 Å². The molecule has 0 spiro atoms. The van der Waals surface area contributed by atoms with E-state index in [0.717, 1.165) is 29.4 Å². The first-order valence-electron chi connectivity index (χ1n) is 11.5. The van der Waals surface area contributed by atoms with E-state index in [4.69, 9.17) is 0 Å². The molecule has 2 amide bonds. The predicted octanol–water partition coefficient (Wildman–Crippen LogP) is 4.15. The van der Waals surface area contributed by atoms with Crippen LogP contribution in [0.2, 0.25) is 0 Å². The zero-order valence-corrected chi connectivity index (χ0v) is 21.1. The van der Waals surface area contributed by atoms with Crippen molar-refractivity contribution >= 4 is 23.2 Å². The highest BCUT2D eigenvalue weighted by molar-refractivity contribution is 7.09. The summed E-state index contributed by atoms with van der Waals surface area (Å²) in [6, 6.07) is 11.0. The Bertz CT molecular complexity index is 1110. The molecule has 2 aromatic heterocycles. The van der Waals surface area contributed by atoms with Gasteiger partial charge in [0.15, 0.2) is 0 Å². The Morgan fingerprint density at radius 3 is 2.65 bits per heavy atom. The first-order chi connectivity index (χ1) is 16.3. The van der Waals surface area contributed by atoms with Crippen LogP contribution >= 0.6 is 11.3 Å². The van der Waals surface area contributed by atoms with Crippen LogP contribution < -0.4 is 10.6 Å². The summed E-state index contributed by atoms with van der Waals surface area (Å²) in [6.45, 7) is 8.73. The summed E-state index contributed by atoms with van der Waals surface area (Å²) in [5.41, 5.74) is 4.22. The number of carbonyl (C=O) groups excluding carboxylic acids is 2. The van der Waals surface area contributed by atoms with Crippen LogP contribution in [0, 0.1) is 6.92 Å². The van der Waals surface area contributed by atoms with Gasteiger partial charge in [0.1, 0.15) is 5.01 Å². The maximum absolute atomic E-state index is 12.8. The predicted molar refractivity (Wildman–Crippen MR) is 136 cm³/mol. The maximum Gasteiger partial charge on any atom is 0.253 e. The first kappa shape index (κ1) is 25.5. The van der Waals surface area contributed by atoms with Crippen LogP contribution in [0.5, 0.6) is 0 Å². The minimum Gasteiger partial charge on any atom is -0.352 e. The standard InChI is InChI=1S/C26H33N5O2S/c1-18(2)20-9-12-28-23(14-20)15-27-10-6-11-29-25(32)21-7-5-8-22(13-21)26(33)31(4)16-24-30-19(3)17-34-24/h5,7-9,12-14,17-18,27H,6,10-11,15-16H2,1-4H3,(H,29,32). The molecule has 180 valence electrons. The van der Waals surface area contributed by atoms with Gasteiger partial charge in [-0.05, 0) is 61.7 Å². The van der Waals surface area contributed by atoms with Gasteiger partial charge < -0.3 is 15.5 Å². The van der Waals surface area contributed by atoms with Crippen LogP contribution in [0.3, 0.4) is 0 Å². The lowest BCUT2D eigenvalue weighted by Crippen LogP contribution is -2.28. The normalized spacial score (nSPS) is 11.0. The highest BCUT2D eigenvalue weighted by atomic mass is 32.1. The van der Waals surface area contributed by atoms with Gasteiger partial charge >= 0.3 is 0 Å². The molecule has 0 fully saturated rings. The average Bonchev–Trinajstić information content (AvgIpc) is 3.25. The van der Waals surface area contributed by atoms with Gasteiger partial charge in [-0.15, -0.1) is 11.3 Å². The van der Waals surface area contributed by atoms with E-state index in [9.17, 15) is 9.59 Å². The molecule has 34 heavy (non-hydrogen) atoms. The molecule has 3 rings (SSSR count). The third-order valence-electron chi connectivity index (χ3n) is 5.39. The van der Waals surface area contributed by atoms with Crippen molar-refractivity contribution in [3.8, 4) is 0 Å². The second-order valence-corrected chi connectivity index (χ2v) is 9.59. The summed E-state index contributed by atoms with van der Waals surface area (Å²) in [6.07, 6.45) is 2.65. The van der Waals surface area contributed by atoms with E-state index < -0.39 is 0 Å². The Kier molecular flexibility index (Phi) is 9.30. The number of hydrogen-bond donors (Lipinski definition) is 2. The third kappa shape index (κ3) is 7.46. The SMILES string of the molecule is Cc1csc(CN(C)C(=O)c2cccc(C(=O)NCCCNCc3cc(C(C)C)ccn3)c2)n1. The molecule has 8 heteroatoms. The van der Waals surface area contributed by atoms with Gasteiger partial charge in [0.2, 0.25) is 0 Å². The monoisotopic (exact) mass is 479 g/mol. The summed E-state index contributed by atoms with van der Waals surface area (Å²) in [7, 11) is 1.74. The molecule has 0 aliphatic heterocycles. The van der Waals surface area contributed by atoms with E-state index in [1.807, 2.05) is 24.6 Å². The summed E-state index contributed by atoms with van der Waals surface area (Å²) >= 11 is 1.54. The number of thiazole rings is 1. The van der Waals surface area contributed by atoms with Crippen molar-refractivity contribution in [1.29, 1.82) is 0 Å². The van der Waals surface area contributed by atoms with Gasteiger partial charge in [-0.25, -0.2) is 4.98 Å². The Balaban J connectivity index is 1.42. The van der Waals surface area contributed by atoms with Crippen molar-refractivity contribution in [2.24, 2.45) is 0 Å². The van der Waals surface area contributed by atoms with Crippen LogP contribution in [0.4, 0.5) is 0 Å². The number of aromatic nitrogens is 2. The van der Waals surface area contributed by atoms with Gasteiger partial charge in [-0.3, -0.25) is 14.6 Å². The van der Waals surface area contributed by atoms with Crippen LogP contribution in [-0.4, -0.2) is 46.8 Å². The third-order valence-corrected chi connectivity index (χ3v) is 6.34. The molecule has 2 heterocycles. The number of rotatable bonds is 11. The molecule has 0 radical (unpaired) electrons. The maximum atomic E-state index is 12.8. The fourth-order valence-electron chi connectivity index (χ4n) is 3.45. The van der Waals surface area contributed by atoms with Crippen molar-refractivity contribution in [3.05, 3.63) is 81.1 Å². The number of nitrogens with zero attached hydrogens (tertiary/aromatic N) is 3. The zero-order valence-electron chi connectivity index (χ0n) is 20.3. The summed E-state index contributed by atoms with van der Waals surface area (Å²) in [5, 5.41) is 9.16. The Hall–Kier alpha value is -3.10. The van der Waals surface area contributed by atoms with Crippen LogP contribution in [0.1, 0.15) is 68.9 Å². The minimum absolute atomic E-state index is 0.137. The molecule has 0 saturated heterocycles. The fourth-order valence-corrected chi connectivity index (χ4v) is 4.27. The number of amides is 2. The first-order valence-corrected chi connectivity index (χ1v) is 12.4. The smallest absolute Gasteiger partial charge is 0.253 e. The van der Waals surface area contributed by atoms with Gasteiger partial charge in [-0.2, -0.15) is 0 Å². The number of benzene rings is 1. The largest absolute Gasteiger partial charge is 0.352 e. The lowest BCUT2D eigenvalue weighted by atomic mass is 10.0. The van der Waals surface area contributed by atoms with E-state index in [2.05, 4.69) is 40.5 Å². The highest BCUT2D eigenvalue weighted by Crippen LogP contribution is 2.15. The number of carbonyl (C=O) groups is 2. The quantitative estimate of drug-likeness (QED) is 0.404. The van der Waals surface area contributed by atoms with Gasteiger partial charge in [0.25, 0.3) is 11.8 Å². The molecular formula is C26H33N5O2S. The molecule has 0 aliphatic carbocycles. The number of pyridine rings is 1. The summed E-state index contributed by atoms with van der Waals surface area (Å²) in [4.78, 5) is 35.8. The van der Waals surface area contributed by atoms with E-state index in [1.54, 1.807) is 36.2 Å². The molecule has 0 bridgehead atoms. The van der Waals surface area contributed by atoms with Crippen molar-refractivity contribution in [2.45, 2.75) is 46.2 Å². The van der Waals surface area contributed by atoms with Crippen molar-refractivity contribution in [1.82, 2.24) is 25.5 Å². The highest BCUT2D eigenvalue weighted by Gasteiger charge is 2.15. The van der Waals surface area contributed by atoms with Gasteiger partial charge in [0.05, 0.1) is 12.2 Å². The number of hydrogen-bond acceptors (Lipinski definition) is 6. The number of aryl methyl sites for hydroxylation is 1. The molecule has 1 aromatic carbocycles. The molecule has 0 aliphatic rings.